The molecule has 8 heteroatoms. The normalized spacial score (nSPS) is 20.2. The van der Waals surface area contributed by atoms with Crippen molar-refractivity contribution in [2.75, 3.05) is 6.61 Å². The van der Waals surface area contributed by atoms with Gasteiger partial charge in [-0.3, -0.25) is 9.59 Å². The molecule has 1 aliphatic heterocycles. The lowest BCUT2D eigenvalue weighted by Gasteiger charge is -2.38. The Bertz CT molecular complexity index is 733. The monoisotopic (exact) mass is 377 g/mol. The minimum absolute atomic E-state index is 0.101. The summed E-state index contributed by atoms with van der Waals surface area (Å²) in [6.45, 7) is 3.86. The summed E-state index contributed by atoms with van der Waals surface area (Å²) < 4.78 is 10.3. The van der Waals surface area contributed by atoms with Crippen LogP contribution in [0.25, 0.3) is 11.4 Å². The quantitative estimate of drug-likeness (QED) is 0.719. The molecule has 2 unspecified atom stereocenters. The van der Waals surface area contributed by atoms with Crippen LogP contribution in [-0.2, 0) is 20.7 Å². The molecular formula is C18H23N3O4S. The lowest BCUT2D eigenvalue weighted by Crippen LogP contribution is -2.49. The highest BCUT2D eigenvalue weighted by atomic mass is 32.1. The molecule has 1 aliphatic rings. The molecule has 1 amide bonds. The molecule has 2 aromatic heterocycles. The second-order valence-corrected chi connectivity index (χ2v) is 7.39. The molecule has 0 N–H and O–H groups in total. The molecule has 2 aromatic rings. The van der Waals surface area contributed by atoms with Gasteiger partial charge < -0.3 is 14.2 Å². The summed E-state index contributed by atoms with van der Waals surface area (Å²) in [7, 11) is 0. The number of hydrogen-bond acceptors (Lipinski definition) is 7. The van der Waals surface area contributed by atoms with Crippen LogP contribution in [0, 0.1) is 0 Å². The van der Waals surface area contributed by atoms with Gasteiger partial charge in [0.2, 0.25) is 11.7 Å². The number of hydrogen-bond donors (Lipinski definition) is 0. The first-order valence-electron chi connectivity index (χ1n) is 8.86. The molecule has 7 nitrogen and oxygen atoms in total. The van der Waals surface area contributed by atoms with Crippen molar-refractivity contribution in [3.05, 3.63) is 22.7 Å². The molecule has 140 valence electrons. The van der Waals surface area contributed by atoms with Crippen LogP contribution in [0.1, 0.15) is 45.4 Å². The summed E-state index contributed by atoms with van der Waals surface area (Å²) in [6.07, 6.45) is 3.51. The molecule has 0 aliphatic carbocycles. The van der Waals surface area contributed by atoms with E-state index in [1.807, 2.05) is 35.6 Å². The molecule has 3 heterocycles. The summed E-state index contributed by atoms with van der Waals surface area (Å²) in [5, 5.41) is 7.76. The summed E-state index contributed by atoms with van der Waals surface area (Å²) in [6, 6.07) is 2.29. The Balaban J connectivity index is 1.43. The third kappa shape index (κ3) is 4.49. The highest BCUT2D eigenvalue weighted by Crippen LogP contribution is 2.22. The number of esters is 1. The fraction of sp³-hybridized carbons (Fsp3) is 0.556. The maximum absolute atomic E-state index is 12.3. The van der Waals surface area contributed by atoms with Crippen molar-refractivity contribution in [1.29, 1.82) is 0 Å². The Hall–Kier alpha value is -2.22. The largest absolute Gasteiger partial charge is 0.456 e. The predicted molar refractivity (Wildman–Crippen MR) is 96.5 cm³/mol. The Labute approximate surface area is 156 Å². The van der Waals surface area contributed by atoms with Crippen LogP contribution in [0.15, 0.2) is 21.3 Å². The van der Waals surface area contributed by atoms with Crippen molar-refractivity contribution in [2.24, 2.45) is 0 Å². The van der Waals surface area contributed by atoms with Crippen molar-refractivity contribution in [3.63, 3.8) is 0 Å². The number of amides is 1. The fourth-order valence-corrected chi connectivity index (χ4v) is 3.91. The second kappa shape index (κ2) is 8.44. The highest BCUT2D eigenvalue weighted by molar-refractivity contribution is 7.08. The molecular weight excluding hydrogens is 354 g/mol. The molecule has 3 rings (SSSR count). The van der Waals surface area contributed by atoms with Gasteiger partial charge in [-0.2, -0.15) is 16.3 Å². The lowest BCUT2D eigenvalue weighted by molar-refractivity contribution is -0.154. The van der Waals surface area contributed by atoms with Gasteiger partial charge >= 0.3 is 5.97 Å². The third-order valence-electron chi connectivity index (χ3n) is 4.63. The summed E-state index contributed by atoms with van der Waals surface area (Å²) in [4.78, 5) is 30.4. The first-order chi connectivity index (χ1) is 12.5. The van der Waals surface area contributed by atoms with E-state index in [0.29, 0.717) is 18.1 Å². The molecule has 0 bridgehead atoms. The van der Waals surface area contributed by atoms with E-state index in [4.69, 9.17) is 9.26 Å². The van der Waals surface area contributed by atoms with Gasteiger partial charge in [0.1, 0.15) is 0 Å². The van der Waals surface area contributed by atoms with E-state index in [0.717, 1.165) is 24.8 Å². The molecule has 1 saturated heterocycles. The molecule has 0 spiro atoms. The minimum Gasteiger partial charge on any atom is -0.456 e. The van der Waals surface area contributed by atoms with Crippen LogP contribution >= 0.6 is 11.3 Å². The van der Waals surface area contributed by atoms with E-state index in [9.17, 15) is 9.59 Å². The molecule has 0 radical (unpaired) electrons. The van der Waals surface area contributed by atoms with E-state index < -0.39 is 5.97 Å². The Morgan fingerprint density at radius 3 is 2.81 bits per heavy atom. The molecule has 1 fully saturated rings. The summed E-state index contributed by atoms with van der Waals surface area (Å²) in [5.41, 5.74) is 0.892. The van der Waals surface area contributed by atoms with Gasteiger partial charge in [-0.05, 0) is 44.6 Å². The van der Waals surface area contributed by atoms with Gasteiger partial charge in [0.25, 0.3) is 5.91 Å². The van der Waals surface area contributed by atoms with Crippen LogP contribution < -0.4 is 0 Å². The fourth-order valence-electron chi connectivity index (χ4n) is 3.28. The van der Waals surface area contributed by atoms with Crippen LogP contribution in [-0.4, -0.2) is 45.6 Å². The zero-order valence-electron chi connectivity index (χ0n) is 15.0. The van der Waals surface area contributed by atoms with Crippen molar-refractivity contribution in [1.82, 2.24) is 15.0 Å². The number of nitrogens with zero attached hydrogens (tertiary/aromatic N) is 3. The van der Waals surface area contributed by atoms with Gasteiger partial charge in [0.15, 0.2) is 6.61 Å². The molecule has 2 atom stereocenters. The highest BCUT2D eigenvalue weighted by Gasteiger charge is 2.29. The van der Waals surface area contributed by atoms with E-state index in [-0.39, 0.29) is 31.0 Å². The van der Waals surface area contributed by atoms with Crippen molar-refractivity contribution in [2.45, 2.75) is 58.0 Å². The van der Waals surface area contributed by atoms with E-state index in [1.165, 1.54) is 0 Å². The van der Waals surface area contributed by atoms with Gasteiger partial charge in [-0.25, -0.2) is 0 Å². The Kier molecular flexibility index (Phi) is 6.03. The van der Waals surface area contributed by atoms with Gasteiger partial charge in [-0.1, -0.05) is 5.16 Å². The van der Waals surface area contributed by atoms with Crippen LogP contribution in [0.3, 0.4) is 0 Å². The van der Waals surface area contributed by atoms with Crippen molar-refractivity contribution < 1.29 is 18.8 Å². The number of thiophene rings is 1. The number of aromatic nitrogens is 2. The van der Waals surface area contributed by atoms with Crippen LogP contribution in [0.5, 0.6) is 0 Å². The number of carbonyl (C=O) groups is 2. The smallest absolute Gasteiger partial charge is 0.306 e. The second-order valence-electron chi connectivity index (χ2n) is 6.61. The number of likely N-dealkylation sites (tertiary alicyclic amines) is 1. The lowest BCUT2D eigenvalue weighted by atomic mass is 9.97. The van der Waals surface area contributed by atoms with Crippen LogP contribution in [0.2, 0.25) is 0 Å². The average Bonchev–Trinajstić information content (AvgIpc) is 3.29. The van der Waals surface area contributed by atoms with Crippen molar-refractivity contribution >= 4 is 23.2 Å². The Morgan fingerprint density at radius 1 is 1.35 bits per heavy atom. The molecule has 0 aromatic carbocycles. The Morgan fingerprint density at radius 2 is 2.12 bits per heavy atom. The van der Waals surface area contributed by atoms with E-state index in [1.54, 1.807) is 11.3 Å². The average molecular weight is 377 g/mol. The van der Waals surface area contributed by atoms with E-state index in [2.05, 4.69) is 10.1 Å². The van der Waals surface area contributed by atoms with Gasteiger partial charge in [-0.15, -0.1) is 0 Å². The van der Waals surface area contributed by atoms with Crippen LogP contribution in [0.4, 0.5) is 0 Å². The number of aryl methyl sites for hydroxylation is 1. The predicted octanol–water partition coefficient (Wildman–Crippen LogP) is 3.06. The molecule has 0 saturated carbocycles. The minimum atomic E-state index is -0.439. The first kappa shape index (κ1) is 18.6. The van der Waals surface area contributed by atoms with Gasteiger partial charge in [0.05, 0.1) is 6.42 Å². The maximum atomic E-state index is 12.3. The SMILES string of the molecule is CC1CCCC(C)N1C(=O)COC(=O)CCc1nc(-c2ccsc2)no1. The third-order valence-corrected chi connectivity index (χ3v) is 5.31. The summed E-state index contributed by atoms with van der Waals surface area (Å²) >= 11 is 1.55. The topological polar surface area (TPSA) is 85.5 Å². The standard InChI is InChI=1S/C18H23N3O4S/c1-12-4-3-5-13(2)21(12)16(22)10-24-17(23)7-6-15-19-18(20-25-15)14-8-9-26-11-14/h8-9,11-13H,3-7,10H2,1-2H3. The maximum Gasteiger partial charge on any atom is 0.306 e. The number of piperidine rings is 1. The molecule has 26 heavy (non-hydrogen) atoms. The zero-order valence-corrected chi connectivity index (χ0v) is 15.8. The first-order valence-corrected chi connectivity index (χ1v) is 9.81. The summed E-state index contributed by atoms with van der Waals surface area (Å²) in [5.74, 6) is 0.326. The van der Waals surface area contributed by atoms with E-state index >= 15 is 0 Å². The zero-order chi connectivity index (χ0) is 18.5. The number of ether oxygens (including phenoxy) is 1. The van der Waals surface area contributed by atoms with Gasteiger partial charge in [0, 0.05) is 29.4 Å². The number of rotatable bonds is 6. The number of carbonyl (C=O) groups excluding carboxylic acids is 2. The van der Waals surface area contributed by atoms with Crippen molar-refractivity contribution in [3.8, 4) is 11.4 Å².